The van der Waals surface area contributed by atoms with Crippen molar-refractivity contribution < 1.29 is 29.2 Å². The van der Waals surface area contributed by atoms with Gasteiger partial charge >= 0.3 is 11.9 Å². The first kappa shape index (κ1) is 17.2. The molecule has 120 valence electrons. The van der Waals surface area contributed by atoms with Crippen molar-refractivity contribution in [2.75, 3.05) is 13.1 Å². The van der Waals surface area contributed by atoms with Crippen LogP contribution in [0.2, 0.25) is 0 Å². The van der Waals surface area contributed by atoms with E-state index in [9.17, 15) is 14.8 Å². The fourth-order valence-corrected chi connectivity index (χ4v) is 1.42. The monoisotopic (exact) mass is 311 g/mol. The van der Waals surface area contributed by atoms with Gasteiger partial charge in [0, 0.05) is 6.92 Å². The van der Waals surface area contributed by atoms with Gasteiger partial charge in [-0.05, 0) is 19.1 Å². The second kappa shape index (κ2) is 8.45. The fourth-order valence-electron chi connectivity index (χ4n) is 1.42. The van der Waals surface area contributed by atoms with E-state index in [0.717, 1.165) is 5.01 Å². The normalized spacial score (nSPS) is 12.4. The minimum atomic E-state index is -1.18. The van der Waals surface area contributed by atoms with Crippen LogP contribution >= 0.6 is 0 Å². The van der Waals surface area contributed by atoms with Gasteiger partial charge in [-0.2, -0.15) is 0 Å². The van der Waals surface area contributed by atoms with Crippen LogP contribution in [0.3, 0.4) is 0 Å². The number of carbonyl (C=O) groups is 2. The van der Waals surface area contributed by atoms with Crippen molar-refractivity contribution >= 4 is 11.9 Å². The van der Waals surface area contributed by atoms with Gasteiger partial charge in [-0.3, -0.25) is 9.63 Å². The van der Waals surface area contributed by atoms with Crippen molar-refractivity contribution in [1.82, 2.24) is 5.01 Å². The number of benzene rings is 1. The highest BCUT2D eigenvalue weighted by atomic mass is 16.8. The Hall–Kier alpha value is -2.84. The molecule has 0 aliphatic rings. The van der Waals surface area contributed by atoms with Gasteiger partial charge in [0.1, 0.15) is 0 Å². The molecule has 0 aromatic heterocycles. The molecule has 0 saturated carbocycles. The molecule has 1 rings (SSSR count). The number of nitrogens with zero attached hydrogens (tertiary/aromatic N) is 3. The number of aliphatic carboxylic acids is 1. The summed E-state index contributed by atoms with van der Waals surface area (Å²) < 4.78 is 4.93. The lowest BCUT2D eigenvalue weighted by molar-refractivity contribution is -0.710. The largest absolute Gasteiger partial charge is 0.569 e. The third kappa shape index (κ3) is 5.65. The van der Waals surface area contributed by atoms with Gasteiger partial charge in [0.2, 0.25) is 5.28 Å². The third-order valence-corrected chi connectivity index (χ3v) is 2.47. The van der Waals surface area contributed by atoms with E-state index in [-0.39, 0.29) is 11.5 Å². The lowest BCUT2D eigenvalue weighted by Gasteiger charge is -2.14. The van der Waals surface area contributed by atoms with E-state index in [4.69, 9.17) is 14.7 Å². The summed E-state index contributed by atoms with van der Waals surface area (Å²) >= 11 is 0. The summed E-state index contributed by atoms with van der Waals surface area (Å²) in [7, 11) is 0. The first-order valence-electron chi connectivity index (χ1n) is 6.50. The summed E-state index contributed by atoms with van der Waals surface area (Å²) in [5, 5.41) is 24.2. The van der Waals surface area contributed by atoms with Crippen LogP contribution in [0.25, 0.3) is 0 Å². The molecule has 1 aromatic rings. The molecule has 1 aromatic carbocycles. The number of likely N-dealkylation sites (N-methyl/N-ethyl adjacent to an activating group) is 1. The number of carboxylic acids is 1. The molecule has 0 aliphatic carbocycles. The van der Waals surface area contributed by atoms with Crippen molar-refractivity contribution in [2.45, 2.75) is 20.1 Å². The van der Waals surface area contributed by atoms with Gasteiger partial charge in [0.05, 0.1) is 17.1 Å². The van der Waals surface area contributed by atoms with Gasteiger partial charge in [-0.15, -0.1) is 5.01 Å². The molecule has 1 unspecified atom stereocenters. The number of carbonyl (C=O) groups excluding carboxylic acids is 1. The van der Waals surface area contributed by atoms with Crippen molar-refractivity contribution in [3.8, 4) is 0 Å². The molecule has 0 bridgehead atoms. The summed E-state index contributed by atoms with van der Waals surface area (Å²) in [5.74, 6) is -1.81. The second-order valence-corrected chi connectivity index (χ2v) is 4.15. The minimum Gasteiger partial charge on any atom is -0.569 e. The summed E-state index contributed by atoms with van der Waals surface area (Å²) in [4.78, 5) is 27.0. The van der Waals surface area contributed by atoms with Crippen LogP contribution in [0.1, 0.15) is 24.2 Å². The molecule has 0 amide bonds. The average molecular weight is 311 g/mol. The molecule has 0 aliphatic heterocycles. The Labute approximate surface area is 126 Å². The topological polar surface area (TPSA) is 114 Å². The van der Waals surface area contributed by atoms with E-state index in [1.54, 1.807) is 37.3 Å². The summed E-state index contributed by atoms with van der Waals surface area (Å²) in [5.41, 5.74) is 0.331. The summed E-state index contributed by atoms with van der Waals surface area (Å²) in [6.45, 7) is 2.57. The molecule has 1 atom stereocenters. The minimum absolute atomic E-state index is 0.000966. The van der Waals surface area contributed by atoms with Gasteiger partial charge < -0.3 is 15.1 Å². The fraction of sp³-hybridized carbons (Fsp3) is 0.385. The Balaban J connectivity index is 2.53. The van der Waals surface area contributed by atoms with Crippen LogP contribution in [-0.2, 0) is 14.4 Å². The van der Waals surface area contributed by atoms with E-state index < -0.39 is 24.8 Å². The Morgan fingerprint density at radius 3 is 2.59 bits per heavy atom. The molecule has 0 fully saturated rings. The molecule has 0 saturated heterocycles. The van der Waals surface area contributed by atoms with Crippen LogP contribution in [0.15, 0.2) is 35.6 Å². The van der Waals surface area contributed by atoms with E-state index in [0.29, 0.717) is 5.56 Å². The zero-order valence-corrected chi connectivity index (χ0v) is 12.2. The maximum absolute atomic E-state index is 11.7. The molecule has 22 heavy (non-hydrogen) atoms. The molecule has 9 nitrogen and oxygen atoms in total. The van der Waals surface area contributed by atoms with Gasteiger partial charge in [-0.25, -0.2) is 4.79 Å². The molecular weight excluding hydrogens is 294 g/mol. The Morgan fingerprint density at radius 1 is 1.41 bits per heavy atom. The Bertz CT molecular complexity index is 534. The predicted molar refractivity (Wildman–Crippen MR) is 73.3 cm³/mol. The number of ether oxygens (including phenoxy) is 1. The van der Waals surface area contributed by atoms with Crippen LogP contribution in [0, 0.1) is 5.21 Å². The number of esters is 1. The lowest BCUT2D eigenvalue weighted by Crippen LogP contribution is -2.35. The number of hydrogen-bond donors (Lipinski definition) is 1. The van der Waals surface area contributed by atoms with Crippen molar-refractivity contribution in [3.05, 3.63) is 41.1 Å². The van der Waals surface area contributed by atoms with Crippen LogP contribution < -0.4 is 0 Å². The molecule has 0 radical (unpaired) electrons. The number of hydrazine groups is 1. The highest BCUT2D eigenvalue weighted by molar-refractivity contribution is 5.89. The molecule has 0 heterocycles. The van der Waals surface area contributed by atoms with Crippen LogP contribution in [0.5, 0.6) is 0 Å². The van der Waals surface area contributed by atoms with E-state index in [1.807, 2.05) is 0 Å². The van der Waals surface area contributed by atoms with Crippen molar-refractivity contribution in [3.63, 3.8) is 0 Å². The lowest BCUT2D eigenvalue weighted by atomic mass is 10.2. The van der Waals surface area contributed by atoms with E-state index in [1.165, 1.54) is 6.92 Å². The maximum atomic E-state index is 11.7. The van der Waals surface area contributed by atoms with Gasteiger partial charge in [0.15, 0.2) is 6.54 Å². The van der Waals surface area contributed by atoms with Crippen molar-refractivity contribution in [1.29, 1.82) is 0 Å². The number of rotatable bonds is 8. The Kier molecular flexibility index (Phi) is 6.61. The third-order valence-electron chi connectivity index (χ3n) is 2.47. The van der Waals surface area contributed by atoms with Crippen molar-refractivity contribution in [2.24, 2.45) is 5.28 Å². The predicted octanol–water partition coefficient (Wildman–Crippen LogP) is 1.40. The quantitative estimate of drug-likeness (QED) is 0.254. The average Bonchev–Trinajstić information content (AvgIpc) is 2.50. The van der Waals surface area contributed by atoms with Crippen LogP contribution in [0.4, 0.5) is 0 Å². The molecule has 0 spiro atoms. The molecule has 9 heteroatoms. The highest BCUT2D eigenvalue weighted by Gasteiger charge is 2.17. The first-order valence-corrected chi connectivity index (χ1v) is 6.50. The molecule has 1 N–H and O–H groups in total. The zero-order valence-electron chi connectivity index (χ0n) is 12.2. The second-order valence-electron chi connectivity index (χ2n) is 4.15. The number of carboxylic acid groups (broad SMARTS) is 1. The number of hydrogen-bond acceptors (Lipinski definition) is 6. The SMILES string of the molecule is CCN(CC(=O)O)/[N+]([O-])=N/OC(C)OC(=O)c1ccccc1. The smallest absolute Gasteiger partial charge is 0.341 e. The maximum Gasteiger partial charge on any atom is 0.341 e. The van der Waals surface area contributed by atoms with E-state index >= 15 is 0 Å². The summed E-state index contributed by atoms with van der Waals surface area (Å²) in [6, 6.07) is 8.24. The van der Waals surface area contributed by atoms with Crippen LogP contribution in [-0.4, -0.2) is 46.4 Å². The summed E-state index contributed by atoms with van der Waals surface area (Å²) in [6.07, 6.45) is -1.10. The molecular formula is C13H17N3O6. The zero-order chi connectivity index (χ0) is 16.5. The highest BCUT2D eigenvalue weighted by Crippen LogP contribution is 2.05. The van der Waals surface area contributed by atoms with E-state index in [2.05, 4.69) is 5.28 Å². The van der Waals surface area contributed by atoms with Gasteiger partial charge in [0.25, 0.3) is 6.29 Å². The first-order chi connectivity index (χ1) is 10.4. The van der Waals surface area contributed by atoms with Gasteiger partial charge in [-0.1, -0.05) is 18.2 Å². The standard InChI is InChI=1S/C13H17N3O6/c1-3-15(9-12(17)18)16(20)14-22-10(2)21-13(19)11-7-5-4-6-8-11/h4-8,10H,3,9H2,1-2H3,(H,17,18)/b16-14-. The Morgan fingerprint density at radius 2 is 2.05 bits per heavy atom.